The monoisotopic (exact) mass is 765 g/mol. The van der Waals surface area contributed by atoms with Crippen LogP contribution in [0.5, 0.6) is 17.2 Å². The van der Waals surface area contributed by atoms with Gasteiger partial charge in [0.1, 0.15) is 18.3 Å². The molecule has 0 saturated carbocycles. The molecule has 0 fully saturated rings. The van der Waals surface area contributed by atoms with Crippen molar-refractivity contribution in [2.75, 3.05) is 38.2 Å². The number of halogens is 1. The average Bonchev–Trinajstić information content (AvgIpc) is 3.13. The van der Waals surface area contributed by atoms with Crippen molar-refractivity contribution >= 4 is 43.5 Å². The maximum absolute atomic E-state index is 14.7. The number of methoxy groups -OCH3 is 2. The first-order valence-corrected chi connectivity index (χ1v) is 18.7. The van der Waals surface area contributed by atoms with Crippen LogP contribution in [0.4, 0.5) is 5.69 Å². The predicted octanol–water partition coefficient (Wildman–Crippen LogP) is 6.62. The van der Waals surface area contributed by atoms with Gasteiger partial charge in [0, 0.05) is 30.0 Å². The number of ether oxygens (including phenoxy) is 3. The van der Waals surface area contributed by atoms with Gasteiger partial charge in [-0.2, -0.15) is 0 Å². The van der Waals surface area contributed by atoms with Crippen LogP contribution >= 0.6 is 15.9 Å². The van der Waals surface area contributed by atoms with Crippen molar-refractivity contribution in [3.63, 3.8) is 0 Å². The van der Waals surface area contributed by atoms with Gasteiger partial charge in [0.15, 0.2) is 11.5 Å². The lowest BCUT2D eigenvalue weighted by atomic mass is 10.0. The Kier molecular flexibility index (Phi) is 14.1. The van der Waals surface area contributed by atoms with E-state index in [2.05, 4.69) is 21.2 Å². The molecule has 0 spiro atoms. The Morgan fingerprint density at radius 2 is 1.52 bits per heavy atom. The third kappa shape index (κ3) is 10.0. The number of carbonyl (C=O) groups is 2. The van der Waals surface area contributed by atoms with E-state index >= 15 is 0 Å². The molecular weight excluding hydrogens is 722 g/mol. The van der Waals surface area contributed by atoms with Gasteiger partial charge in [0.25, 0.3) is 10.0 Å². The molecule has 10 nitrogen and oxygen atoms in total. The molecule has 1 unspecified atom stereocenters. The van der Waals surface area contributed by atoms with E-state index in [9.17, 15) is 18.0 Å². The van der Waals surface area contributed by atoms with Crippen LogP contribution in [0.1, 0.15) is 37.8 Å². The topological polar surface area (TPSA) is 114 Å². The van der Waals surface area contributed by atoms with Crippen LogP contribution in [0.3, 0.4) is 0 Å². The fourth-order valence-electron chi connectivity index (χ4n) is 5.35. The van der Waals surface area contributed by atoms with Crippen LogP contribution in [0.2, 0.25) is 0 Å². The summed E-state index contributed by atoms with van der Waals surface area (Å²) in [6.07, 6.45) is 1.89. The standard InChI is InChI=1S/C38H44BrN3O7S/c1-5-7-23-40-38(44)34(24-28-11-9-8-10-12-28)41(26-29-13-15-30(39)16-14-29)37(43)27-42(31-17-19-32(20-18-31)49-6-2)50(45,46)33-21-22-35(47-3)36(25-33)48-4/h8-22,25,34H,5-7,23-24,26-27H2,1-4H3,(H,40,44). The third-order valence-corrected chi connectivity index (χ3v) is 10.3. The first-order valence-electron chi connectivity index (χ1n) is 16.4. The van der Waals surface area contributed by atoms with Crippen LogP contribution < -0.4 is 23.8 Å². The van der Waals surface area contributed by atoms with Crippen molar-refractivity contribution in [1.29, 1.82) is 0 Å². The number of nitrogens with one attached hydrogen (secondary N) is 1. The van der Waals surface area contributed by atoms with Gasteiger partial charge in [0.2, 0.25) is 11.8 Å². The van der Waals surface area contributed by atoms with Crippen molar-refractivity contribution in [1.82, 2.24) is 10.2 Å². The lowest BCUT2D eigenvalue weighted by molar-refractivity contribution is -0.140. The number of rotatable bonds is 18. The molecule has 0 aliphatic rings. The van der Waals surface area contributed by atoms with Gasteiger partial charge in [0.05, 0.1) is 31.4 Å². The van der Waals surface area contributed by atoms with E-state index in [0.29, 0.717) is 24.7 Å². The number of unbranched alkanes of at least 4 members (excludes halogenated alkanes) is 1. The smallest absolute Gasteiger partial charge is 0.264 e. The highest BCUT2D eigenvalue weighted by atomic mass is 79.9. The molecule has 0 radical (unpaired) electrons. The zero-order chi connectivity index (χ0) is 36.1. The minimum atomic E-state index is -4.36. The summed E-state index contributed by atoms with van der Waals surface area (Å²) in [7, 11) is -1.49. The van der Waals surface area contributed by atoms with Gasteiger partial charge in [-0.25, -0.2) is 8.42 Å². The zero-order valence-electron chi connectivity index (χ0n) is 28.8. The molecule has 0 aliphatic carbocycles. The Balaban J connectivity index is 1.82. The number of amides is 2. The molecule has 0 bridgehead atoms. The Morgan fingerprint density at radius 1 is 0.840 bits per heavy atom. The first kappa shape index (κ1) is 38.3. The number of carbonyl (C=O) groups excluding carboxylic acids is 2. The molecule has 2 amide bonds. The highest BCUT2D eigenvalue weighted by Crippen LogP contribution is 2.33. The Labute approximate surface area is 303 Å². The quantitative estimate of drug-likeness (QED) is 0.113. The minimum Gasteiger partial charge on any atom is -0.494 e. The summed E-state index contributed by atoms with van der Waals surface area (Å²) >= 11 is 3.47. The summed E-state index contributed by atoms with van der Waals surface area (Å²) in [5.74, 6) is 0.249. The summed E-state index contributed by atoms with van der Waals surface area (Å²) in [5, 5.41) is 3.01. The number of anilines is 1. The van der Waals surface area contributed by atoms with E-state index in [1.165, 1.54) is 37.3 Å². The molecule has 0 aromatic heterocycles. The first-order chi connectivity index (χ1) is 24.1. The Bertz CT molecular complexity index is 1800. The number of hydrogen-bond donors (Lipinski definition) is 1. The fraction of sp³-hybridized carbons (Fsp3) is 0.316. The van der Waals surface area contributed by atoms with Gasteiger partial charge >= 0.3 is 0 Å². The van der Waals surface area contributed by atoms with Crippen molar-refractivity contribution in [2.24, 2.45) is 0 Å². The predicted molar refractivity (Wildman–Crippen MR) is 198 cm³/mol. The molecular formula is C38H44BrN3O7S. The zero-order valence-corrected chi connectivity index (χ0v) is 31.2. The second-order valence-corrected chi connectivity index (χ2v) is 14.2. The Hall–Kier alpha value is -4.55. The number of benzene rings is 4. The SMILES string of the molecule is CCCCNC(=O)C(Cc1ccccc1)N(Cc1ccc(Br)cc1)C(=O)CN(c1ccc(OCC)cc1)S(=O)(=O)c1ccc(OC)c(OC)c1. The van der Waals surface area contributed by atoms with Crippen LogP contribution in [-0.4, -0.2) is 65.1 Å². The molecule has 4 aromatic rings. The highest BCUT2D eigenvalue weighted by molar-refractivity contribution is 9.10. The summed E-state index contributed by atoms with van der Waals surface area (Å²) in [4.78, 5) is 30.0. The molecule has 0 saturated heterocycles. The van der Waals surface area contributed by atoms with E-state index in [0.717, 1.165) is 32.7 Å². The van der Waals surface area contributed by atoms with Gasteiger partial charge in [-0.3, -0.25) is 13.9 Å². The normalized spacial score (nSPS) is 11.7. The molecule has 1 N–H and O–H groups in total. The van der Waals surface area contributed by atoms with E-state index in [1.54, 1.807) is 24.3 Å². The molecule has 266 valence electrons. The Morgan fingerprint density at radius 3 is 2.14 bits per heavy atom. The maximum atomic E-state index is 14.7. The fourth-order valence-corrected chi connectivity index (χ4v) is 7.05. The van der Waals surface area contributed by atoms with Gasteiger partial charge in [-0.05, 0) is 73.0 Å². The third-order valence-electron chi connectivity index (χ3n) is 8.02. The van der Waals surface area contributed by atoms with Crippen LogP contribution in [0, 0.1) is 0 Å². The lowest BCUT2D eigenvalue weighted by Gasteiger charge is -2.34. The molecule has 1 atom stereocenters. The number of hydrogen-bond acceptors (Lipinski definition) is 7. The van der Waals surface area contributed by atoms with E-state index < -0.39 is 28.5 Å². The molecule has 4 aromatic carbocycles. The van der Waals surface area contributed by atoms with Crippen molar-refractivity contribution in [3.8, 4) is 17.2 Å². The van der Waals surface area contributed by atoms with Crippen molar-refractivity contribution in [2.45, 2.75) is 50.6 Å². The molecule has 4 rings (SSSR count). The summed E-state index contributed by atoms with van der Waals surface area (Å²) in [6.45, 7) is 4.25. The number of nitrogens with zero attached hydrogens (tertiary/aromatic N) is 2. The molecule has 12 heteroatoms. The second-order valence-electron chi connectivity index (χ2n) is 11.5. The van der Waals surface area contributed by atoms with Gasteiger partial charge < -0.3 is 24.4 Å². The highest BCUT2D eigenvalue weighted by Gasteiger charge is 2.35. The molecule has 50 heavy (non-hydrogen) atoms. The van der Waals surface area contributed by atoms with Crippen LogP contribution in [-0.2, 0) is 32.6 Å². The second kappa shape index (κ2) is 18.4. The summed E-state index contributed by atoms with van der Waals surface area (Å²) < 4.78 is 47.2. The van der Waals surface area contributed by atoms with Crippen LogP contribution in [0.25, 0.3) is 0 Å². The van der Waals surface area contributed by atoms with E-state index in [1.807, 2.05) is 68.4 Å². The lowest BCUT2D eigenvalue weighted by Crippen LogP contribution is -2.53. The van der Waals surface area contributed by atoms with Crippen molar-refractivity contribution in [3.05, 3.63) is 113 Å². The average molecular weight is 767 g/mol. The molecule has 0 aliphatic heterocycles. The van der Waals surface area contributed by atoms with Crippen LogP contribution in [0.15, 0.2) is 106 Å². The van der Waals surface area contributed by atoms with Crippen molar-refractivity contribution < 1.29 is 32.2 Å². The number of sulfonamides is 1. The van der Waals surface area contributed by atoms with E-state index in [-0.39, 0.29) is 35.2 Å². The van der Waals surface area contributed by atoms with Gasteiger partial charge in [-0.1, -0.05) is 71.7 Å². The summed E-state index contributed by atoms with van der Waals surface area (Å²) in [6, 6.07) is 26.7. The minimum absolute atomic E-state index is 0.0678. The molecule has 0 heterocycles. The van der Waals surface area contributed by atoms with E-state index in [4.69, 9.17) is 14.2 Å². The van der Waals surface area contributed by atoms with Gasteiger partial charge in [-0.15, -0.1) is 0 Å². The maximum Gasteiger partial charge on any atom is 0.264 e. The largest absolute Gasteiger partial charge is 0.494 e. The summed E-state index contributed by atoms with van der Waals surface area (Å²) in [5.41, 5.74) is 1.88.